The van der Waals surface area contributed by atoms with Gasteiger partial charge in [0.1, 0.15) is 6.10 Å². The summed E-state index contributed by atoms with van der Waals surface area (Å²) >= 11 is 0. The fraction of sp³-hybridized carbons (Fsp3) is 0.840. The fourth-order valence-electron chi connectivity index (χ4n) is 7.24. The highest BCUT2D eigenvalue weighted by Crippen LogP contribution is 2.17. The van der Waals surface area contributed by atoms with Gasteiger partial charge in [-0.2, -0.15) is 0 Å². The van der Waals surface area contributed by atoms with Gasteiger partial charge in [0, 0.05) is 6.42 Å². The van der Waals surface area contributed by atoms with E-state index in [0.29, 0.717) is 19.3 Å². The molecule has 0 heterocycles. The van der Waals surface area contributed by atoms with Gasteiger partial charge in [-0.3, -0.25) is 9.59 Å². The van der Waals surface area contributed by atoms with Gasteiger partial charge in [0.25, 0.3) is 0 Å². The number of aliphatic hydroxyl groups is 2. The zero-order valence-electron chi connectivity index (χ0n) is 37.3. The summed E-state index contributed by atoms with van der Waals surface area (Å²) in [5.74, 6) is -0.513. The Hall–Kier alpha value is -1.92. The van der Waals surface area contributed by atoms with Crippen molar-refractivity contribution in [2.24, 2.45) is 0 Å². The summed E-state index contributed by atoms with van der Waals surface area (Å²) in [6.45, 7) is 6.42. The predicted molar refractivity (Wildman–Crippen MR) is 241 cm³/mol. The predicted octanol–water partition coefficient (Wildman–Crippen LogP) is 14.1. The lowest BCUT2D eigenvalue weighted by Gasteiger charge is -2.24. The third-order valence-corrected chi connectivity index (χ3v) is 11.0. The standard InChI is InChI=1S/C50H93NO5/c1-4-7-10-13-16-19-22-24-25-26-28-31-34-37-40-43-50(55)56-46(41-38-35-32-29-27-23-20-17-14-11-8-5-2)44-49(54)51-47(45-52)48(53)42-39-36-33-30-21-18-15-12-9-6-3/h16,19,22,24,29,32,46-48,52-53H,4-15,17-18,20-21,23,25-28,30-31,33-45H2,1-3H3,(H,51,54)/b19-16+,24-22+,32-29-. The minimum atomic E-state index is -0.792. The summed E-state index contributed by atoms with van der Waals surface area (Å²) in [7, 11) is 0. The van der Waals surface area contributed by atoms with Crippen LogP contribution in [0, 0.1) is 0 Å². The average Bonchev–Trinajstić information content (AvgIpc) is 3.19. The van der Waals surface area contributed by atoms with E-state index in [9.17, 15) is 19.8 Å². The first-order valence-electron chi connectivity index (χ1n) is 24.2. The number of unbranched alkanes of at least 4 members (excludes halogenated alkanes) is 26. The number of esters is 1. The van der Waals surface area contributed by atoms with Crippen molar-refractivity contribution in [1.29, 1.82) is 0 Å². The van der Waals surface area contributed by atoms with Gasteiger partial charge < -0.3 is 20.3 Å². The summed E-state index contributed by atoms with van der Waals surface area (Å²) in [5.41, 5.74) is 0. The van der Waals surface area contributed by atoms with Crippen LogP contribution in [-0.4, -0.2) is 46.9 Å². The van der Waals surface area contributed by atoms with E-state index < -0.39 is 18.2 Å². The first-order valence-corrected chi connectivity index (χ1v) is 24.2. The number of hydrogen-bond donors (Lipinski definition) is 3. The molecule has 0 saturated heterocycles. The fourth-order valence-corrected chi connectivity index (χ4v) is 7.24. The molecule has 3 atom stereocenters. The molecule has 328 valence electrons. The monoisotopic (exact) mass is 788 g/mol. The van der Waals surface area contributed by atoms with Gasteiger partial charge >= 0.3 is 5.97 Å². The van der Waals surface area contributed by atoms with Crippen LogP contribution < -0.4 is 5.32 Å². The second-order valence-corrected chi connectivity index (χ2v) is 16.5. The van der Waals surface area contributed by atoms with Crippen LogP contribution >= 0.6 is 0 Å². The van der Waals surface area contributed by atoms with E-state index in [1.807, 2.05) is 0 Å². The van der Waals surface area contributed by atoms with Gasteiger partial charge in [0.15, 0.2) is 0 Å². The van der Waals surface area contributed by atoms with Crippen molar-refractivity contribution in [1.82, 2.24) is 5.32 Å². The summed E-state index contributed by atoms with van der Waals surface area (Å²) < 4.78 is 5.89. The normalized spacial score (nSPS) is 13.6. The maximum Gasteiger partial charge on any atom is 0.306 e. The van der Waals surface area contributed by atoms with Crippen molar-refractivity contribution in [3.63, 3.8) is 0 Å². The van der Waals surface area contributed by atoms with Gasteiger partial charge in [-0.25, -0.2) is 0 Å². The Labute approximate surface area is 347 Å². The highest BCUT2D eigenvalue weighted by Gasteiger charge is 2.24. The Balaban J connectivity index is 4.62. The second kappa shape index (κ2) is 44.2. The van der Waals surface area contributed by atoms with Crippen LogP contribution in [0.3, 0.4) is 0 Å². The number of amides is 1. The van der Waals surface area contributed by atoms with Crippen LogP contribution in [0.4, 0.5) is 0 Å². The molecule has 0 aliphatic carbocycles. The molecule has 0 spiro atoms. The van der Waals surface area contributed by atoms with E-state index in [2.05, 4.69) is 62.5 Å². The topological polar surface area (TPSA) is 95.9 Å². The van der Waals surface area contributed by atoms with Crippen molar-refractivity contribution < 1.29 is 24.5 Å². The molecule has 0 rings (SSSR count). The molecule has 0 saturated carbocycles. The summed E-state index contributed by atoms with van der Waals surface area (Å²) in [6.07, 6.45) is 50.6. The minimum Gasteiger partial charge on any atom is -0.462 e. The number of ether oxygens (including phenoxy) is 1. The van der Waals surface area contributed by atoms with Crippen LogP contribution in [0.15, 0.2) is 36.5 Å². The molecule has 0 aromatic rings. The van der Waals surface area contributed by atoms with Crippen LogP contribution in [-0.2, 0) is 14.3 Å². The highest BCUT2D eigenvalue weighted by molar-refractivity contribution is 5.77. The molecule has 0 aromatic heterocycles. The third kappa shape index (κ3) is 38.9. The van der Waals surface area contributed by atoms with Crippen LogP contribution in [0.5, 0.6) is 0 Å². The van der Waals surface area contributed by atoms with Gasteiger partial charge in [0.05, 0.1) is 25.2 Å². The molecule has 3 N–H and O–H groups in total. The summed E-state index contributed by atoms with van der Waals surface area (Å²) in [5, 5.41) is 23.6. The molecule has 0 bridgehead atoms. The average molecular weight is 788 g/mol. The van der Waals surface area contributed by atoms with E-state index in [1.165, 1.54) is 135 Å². The smallest absolute Gasteiger partial charge is 0.306 e. The number of nitrogens with one attached hydrogen (secondary N) is 1. The Bertz CT molecular complexity index is 930. The number of allylic oxidation sites excluding steroid dienone is 6. The molecule has 56 heavy (non-hydrogen) atoms. The Morgan fingerprint density at radius 3 is 1.45 bits per heavy atom. The number of carbonyl (C=O) groups is 2. The molecular weight excluding hydrogens is 695 g/mol. The van der Waals surface area contributed by atoms with Crippen LogP contribution in [0.1, 0.15) is 245 Å². The Morgan fingerprint density at radius 1 is 0.518 bits per heavy atom. The van der Waals surface area contributed by atoms with Crippen molar-refractivity contribution in [3.8, 4) is 0 Å². The van der Waals surface area contributed by atoms with E-state index in [4.69, 9.17) is 4.74 Å². The van der Waals surface area contributed by atoms with Crippen LogP contribution in [0.25, 0.3) is 0 Å². The summed E-state index contributed by atoms with van der Waals surface area (Å²) in [4.78, 5) is 26.0. The van der Waals surface area contributed by atoms with E-state index in [-0.39, 0.29) is 24.9 Å². The maximum atomic E-state index is 13.1. The third-order valence-electron chi connectivity index (χ3n) is 11.0. The number of rotatable bonds is 43. The molecule has 6 nitrogen and oxygen atoms in total. The van der Waals surface area contributed by atoms with E-state index >= 15 is 0 Å². The molecule has 3 unspecified atom stereocenters. The first-order chi connectivity index (χ1) is 27.5. The quantitative estimate of drug-likeness (QED) is 0.0247. The van der Waals surface area contributed by atoms with Crippen molar-refractivity contribution in [2.45, 2.75) is 264 Å². The Morgan fingerprint density at radius 2 is 0.929 bits per heavy atom. The second-order valence-electron chi connectivity index (χ2n) is 16.5. The van der Waals surface area contributed by atoms with Crippen LogP contribution in [0.2, 0.25) is 0 Å². The molecule has 0 aliphatic rings. The van der Waals surface area contributed by atoms with Gasteiger partial charge in [-0.1, -0.05) is 198 Å². The van der Waals surface area contributed by atoms with Crippen molar-refractivity contribution >= 4 is 11.9 Å². The number of aliphatic hydroxyl groups excluding tert-OH is 2. The number of carbonyl (C=O) groups excluding carboxylic acids is 2. The highest BCUT2D eigenvalue weighted by atomic mass is 16.5. The van der Waals surface area contributed by atoms with Gasteiger partial charge in [-0.05, 0) is 70.6 Å². The largest absolute Gasteiger partial charge is 0.462 e. The first kappa shape index (κ1) is 54.1. The molecule has 0 fully saturated rings. The molecule has 0 aliphatic heterocycles. The van der Waals surface area contributed by atoms with Gasteiger partial charge in [-0.15, -0.1) is 0 Å². The number of hydrogen-bond acceptors (Lipinski definition) is 5. The lowest BCUT2D eigenvalue weighted by molar-refractivity contribution is -0.151. The Kier molecular flexibility index (Phi) is 42.7. The lowest BCUT2D eigenvalue weighted by Crippen LogP contribution is -2.46. The van der Waals surface area contributed by atoms with Crippen molar-refractivity contribution in [3.05, 3.63) is 36.5 Å². The minimum absolute atomic E-state index is 0.0536. The maximum absolute atomic E-state index is 13.1. The summed E-state index contributed by atoms with van der Waals surface area (Å²) in [6, 6.07) is -0.708. The lowest BCUT2D eigenvalue weighted by atomic mass is 10.0. The molecule has 0 aromatic carbocycles. The molecule has 0 radical (unpaired) electrons. The SMILES string of the molecule is CCCCC/C=C/C=C/CCCCCCCCC(=O)OC(CCC/C=C\CCCCCCCCC)CC(=O)NC(CO)C(O)CCCCCCCCCCCC. The van der Waals surface area contributed by atoms with E-state index in [0.717, 1.165) is 64.2 Å². The molecule has 6 heteroatoms. The van der Waals surface area contributed by atoms with Gasteiger partial charge in [0.2, 0.25) is 5.91 Å². The molecular formula is C50H93NO5. The van der Waals surface area contributed by atoms with E-state index in [1.54, 1.807) is 0 Å². The van der Waals surface area contributed by atoms with Crippen molar-refractivity contribution in [2.75, 3.05) is 6.61 Å². The zero-order chi connectivity index (χ0) is 41.0. The zero-order valence-corrected chi connectivity index (χ0v) is 37.3. The molecule has 1 amide bonds.